The number of carboxylic acid groups (broad SMARTS) is 1. The molecular formula is C9H19NO2S. The fourth-order valence-electron chi connectivity index (χ4n) is 1.04. The smallest absolute Gasteiger partial charge is 0.321 e. The van der Waals surface area contributed by atoms with E-state index in [0.717, 1.165) is 5.75 Å². The normalized spacial score (nSPS) is 15.3. The number of carboxylic acids is 1. The van der Waals surface area contributed by atoms with Crippen molar-refractivity contribution >= 4 is 17.7 Å². The van der Waals surface area contributed by atoms with Crippen LogP contribution in [0.4, 0.5) is 0 Å². The van der Waals surface area contributed by atoms with Gasteiger partial charge in [-0.15, -0.1) is 0 Å². The minimum atomic E-state index is -0.907. The fourth-order valence-corrected chi connectivity index (χ4v) is 2.15. The second kappa shape index (κ2) is 7.21. The van der Waals surface area contributed by atoms with Gasteiger partial charge >= 0.3 is 5.97 Å². The topological polar surface area (TPSA) is 63.3 Å². The van der Waals surface area contributed by atoms with Crippen LogP contribution in [0.3, 0.4) is 0 Å². The Labute approximate surface area is 84.1 Å². The van der Waals surface area contributed by atoms with Gasteiger partial charge in [-0.05, 0) is 11.7 Å². The van der Waals surface area contributed by atoms with Crippen LogP contribution in [0.2, 0.25) is 0 Å². The van der Waals surface area contributed by atoms with Crippen LogP contribution >= 0.6 is 11.8 Å². The SMILES string of the molecule is CCCC(C)CSC[C@@H](N)C(=O)O. The van der Waals surface area contributed by atoms with Gasteiger partial charge in [-0.1, -0.05) is 26.7 Å². The molecule has 0 aliphatic heterocycles. The van der Waals surface area contributed by atoms with E-state index in [0.29, 0.717) is 11.7 Å². The number of nitrogens with two attached hydrogens (primary N) is 1. The molecule has 0 aromatic carbocycles. The summed E-state index contributed by atoms with van der Waals surface area (Å²) in [5, 5.41) is 8.51. The predicted octanol–water partition coefficient (Wildman–Crippen LogP) is 1.57. The van der Waals surface area contributed by atoms with Gasteiger partial charge in [0, 0.05) is 5.75 Å². The number of thioether (sulfide) groups is 1. The van der Waals surface area contributed by atoms with Crippen LogP contribution in [0, 0.1) is 5.92 Å². The maximum absolute atomic E-state index is 10.4. The van der Waals surface area contributed by atoms with Gasteiger partial charge < -0.3 is 10.8 Å². The van der Waals surface area contributed by atoms with Gasteiger partial charge in [0.05, 0.1) is 0 Å². The molecule has 2 atom stereocenters. The van der Waals surface area contributed by atoms with Crippen molar-refractivity contribution in [2.75, 3.05) is 11.5 Å². The number of rotatable bonds is 7. The molecule has 4 heteroatoms. The van der Waals surface area contributed by atoms with Gasteiger partial charge in [-0.25, -0.2) is 0 Å². The molecule has 0 fully saturated rings. The molecule has 13 heavy (non-hydrogen) atoms. The largest absolute Gasteiger partial charge is 0.480 e. The van der Waals surface area contributed by atoms with Crippen molar-refractivity contribution in [2.45, 2.75) is 32.7 Å². The van der Waals surface area contributed by atoms with Crippen molar-refractivity contribution < 1.29 is 9.90 Å². The van der Waals surface area contributed by atoms with E-state index in [4.69, 9.17) is 10.8 Å². The first kappa shape index (κ1) is 12.8. The molecule has 78 valence electrons. The molecule has 0 saturated heterocycles. The van der Waals surface area contributed by atoms with Crippen molar-refractivity contribution in [3.8, 4) is 0 Å². The van der Waals surface area contributed by atoms with Crippen molar-refractivity contribution in [3.63, 3.8) is 0 Å². The highest BCUT2D eigenvalue weighted by Crippen LogP contribution is 2.13. The standard InChI is InChI=1S/C9H19NO2S/c1-3-4-7(2)5-13-6-8(10)9(11)12/h7-8H,3-6,10H2,1-2H3,(H,11,12)/t7?,8-/m1/s1. The highest BCUT2D eigenvalue weighted by molar-refractivity contribution is 7.99. The first-order chi connectivity index (χ1) is 6.07. The molecule has 0 aromatic rings. The van der Waals surface area contributed by atoms with E-state index in [2.05, 4.69) is 13.8 Å². The Balaban J connectivity index is 3.39. The second-order valence-corrected chi connectivity index (χ2v) is 4.45. The zero-order chi connectivity index (χ0) is 10.3. The lowest BCUT2D eigenvalue weighted by Gasteiger charge is -2.10. The van der Waals surface area contributed by atoms with Crippen molar-refractivity contribution in [1.82, 2.24) is 0 Å². The van der Waals surface area contributed by atoms with Gasteiger partial charge in [-0.3, -0.25) is 4.79 Å². The molecule has 0 heterocycles. The third-order valence-corrected chi connectivity index (χ3v) is 3.20. The quantitative estimate of drug-likeness (QED) is 0.662. The third-order valence-electron chi connectivity index (χ3n) is 1.80. The van der Waals surface area contributed by atoms with Crippen LogP contribution < -0.4 is 5.73 Å². The predicted molar refractivity (Wildman–Crippen MR) is 57.0 cm³/mol. The monoisotopic (exact) mass is 205 g/mol. The van der Waals surface area contributed by atoms with E-state index in [1.165, 1.54) is 12.8 Å². The Bertz CT molecular complexity index is 153. The molecule has 0 aliphatic rings. The van der Waals surface area contributed by atoms with E-state index < -0.39 is 12.0 Å². The summed E-state index contributed by atoms with van der Waals surface area (Å²) in [6, 6.07) is -0.709. The zero-order valence-electron chi connectivity index (χ0n) is 8.32. The minimum Gasteiger partial charge on any atom is -0.480 e. The van der Waals surface area contributed by atoms with Crippen LogP contribution in [0.15, 0.2) is 0 Å². The lowest BCUT2D eigenvalue weighted by molar-refractivity contribution is -0.137. The van der Waals surface area contributed by atoms with Gasteiger partial charge in [-0.2, -0.15) is 11.8 Å². The van der Waals surface area contributed by atoms with Crippen LogP contribution in [-0.4, -0.2) is 28.6 Å². The van der Waals surface area contributed by atoms with Crippen molar-refractivity contribution in [2.24, 2.45) is 11.7 Å². The summed E-state index contributed by atoms with van der Waals surface area (Å²) in [7, 11) is 0. The van der Waals surface area contributed by atoms with E-state index in [1.54, 1.807) is 11.8 Å². The molecule has 3 nitrogen and oxygen atoms in total. The summed E-state index contributed by atoms with van der Waals surface area (Å²) in [5.74, 6) is 1.28. The Morgan fingerprint density at radius 1 is 1.54 bits per heavy atom. The molecule has 1 unspecified atom stereocenters. The van der Waals surface area contributed by atoms with Crippen LogP contribution in [0.25, 0.3) is 0 Å². The van der Waals surface area contributed by atoms with Crippen molar-refractivity contribution in [3.05, 3.63) is 0 Å². The molecule has 0 bridgehead atoms. The fraction of sp³-hybridized carbons (Fsp3) is 0.889. The highest BCUT2D eigenvalue weighted by atomic mass is 32.2. The molecule has 0 aromatic heterocycles. The average molecular weight is 205 g/mol. The second-order valence-electron chi connectivity index (χ2n) is 3.38. The average Bonchev–Trinajstić information content (AvgIpc) is 2.04. The summed E-state index contributed by atoms with van der Waals surface area (Å²) < 4.78 is 0. The summed E-state index contributed by atoms with van der Waals surface area (Å²) in [6.45, 7) is 4.34. The van der Waals surface area contributed by atoms with Crippen LogP contribution in [0.1, 0.15) is 26.7 Å². The Morgan fingerprint density at radius 3 is 2.62 bits per heavy atom. The van der Waals surface area contributed by atoms with E-state index in [1.807, 2.05) is 0 Å². The lowest BCUT2D eigenvalue weighted by atomic mass is 10.1. The van der Waals surface area contributed by atoms with Gasteiger partial charge in [0.25, 0.3) is 0 Å². The van der Waals surface area contributed by atoms with Gasteiger partial charge in [0.1, 0.15) is 6.04 Å². The minimum absolute atomic E-state index is 0.517. The van der Waals surface area contributed by atoms with Crippen LogP contribution in [0.5, 0.6) is 0 Å². The molecule has 0 radical (unpaired) electrons. The van der Waals surface area contributed by atoms with Crippen LogP contribution in [-0.2, 0) is 4.79 Å². The number of hydrogen-bond acceptors (Lipinski definition) is 3. The summed E-state index contributed by atoms with van der Waals surface area (Å²) in [6.07, 6.45) is 2.39. The molecule has 0 saturated carbocycles. The maximum atomic E-state index is 10.4. The van der Waals surface area contributed by atoms with Gasteiger partial charge in [0.15, 0.2) is 0 Å². The first-order valence-corrected chi connectivity index (χ1v) is 5.79. The molecule has 0 rings (SSSR count). The lowest BCUT2D eigenvalue weighted by Crippen LogP contribution is -2.32. The molecule has 3 N–H and O–H groups in total. The molecule has 0 spiro atoms. The van der Waals surface area contributed by atoms with E-state index >= 15 is 0 Å². The Kier molecular flexibility index (Phi) is 7.09. The van der Waals surface area contributed by atoms with Crippen molar-refractivity contribution in [1.29, 1.82) is 0 Å². The molecule has 0 aliphatic carbocycles. The molecule has 0 amide bonds. The summed E-state index contributed by atoms with van der Waals surface area (Å²) in [4.78, 5) is 10.4. The van der Waals surface area contributed by atoms with E-state index in [-0.39, 0.29) is 0 Å². The maximum Gasteiger partial charge on any atom is 0.321 e. The number of carbonyl (C=O) groups is 1. The highest BCUT2D eigenvalue weighted by Gasteiger charge is 2.11. The zero-order valence-corrected chi connectivity index (χ0v) is 9.14. The summed E-state index contributed by atoms with van der Waals surface area (Å²) >= 11 is 1.63. The first-order valence-electron chi connectivity index (χ1n) is 4.64. The Morgan fingerprint density at radius 2 is 2.15 bits per heavy atom. The number of hydrogen-bond donors (Lipinski definition) is 2. The Hall–Kier alpha value is -0.220. The van der Waals surface area contributed by atoms with Gasteiger partial charge in [0.2, 0.25) is 0 Å². The van der Waals surface area contributed by atoms with E-state index in [9.17, 15) is 4.79 Å². The number of aliphatic carboxylic acids is 1. The third kappa shape index (κ3) is 6.90. The molecular weight excluding hydrogens is 186 g/mol. The summed E-state index contributed by atoms with van der Waals surface area (Å²) in [5.41, 5.74) is 5.36.